The highest BCUT2D eigenvalue weighted by Crippen LogP contribution is 2.27. The number of rotatable bonds is 2. The largest absolute Gasteiger partial charge is 0.358 e. The zero-order valence-electron chi connectivity index (χ0n) is 13.0. The Kier molecular flexibility index (Phi) is 3.66. The van der Waals surface area contributed by atoms with E-state index in [0.29, 0.717) is 25.9 Å². The lowest BCUT2D eigenvalue weighted by molar-refractivity contribution is 0.426. The van der Waals surface area contributed by atoms with Gasteiger partial charge in [0.15, 0.2) is 0 Å². The lowest BCUT2D eigenvalue weighted by Crippen LogP contribution is -2.33. The lowest BCUT2D eigenvalue weighted by atomic mass is 10.1. The Bertz CT molecular complexity index is 994. The van der Waals surface area contributed by atoms with Gasteiger partial charge in [-0.05, 0) is 42.3 Å². The van der Waals surface area contributed by atoms with Crippen LogP contribution in [0.25, 0.3) is 10.9 Å². The maximum atomic E-state index is 13.1. The van der Waals surface area contributed by atoms with Gasteiger partial charge < -0.3 is 4.98 Å². The van der Waals surface area contributed by atoms with E-state index in [0.717, 1.165) is 16.6 Å². The molecular formula is C18H17FN2O2S. The first-order valence-electron chi connectivity index (χ1n) is 7.90. The van der Waals surface area contributed by atoms with Crippen molar-refractivity contribution in [2.24, 2.45) is 0 Å². The van der Waals surface area contributed by atoms with Crippen LogP contribution < -0.4 is 0 Å². The number of hydrogen-bond donors (Lipinski definition) is 1. The summed E-state index contributed by atoms with van der Waals surface area (Å²) in [7, 11) is -3.60. The summed E-state index contributed by atoms with van der Waals surface area (Å²) in [6, 6.07) is 13.1. The van der Waals surface area contributed by atoms with Crippen molar-refractivity contribution in [3.8, 4) is 0 Å². The van der Waals surface area contributed by atoms with Crippen molar-refractivity contribution in [1.82, 2.24) is 9.29 Å². The molecule has 6 heteroatoms. The summed E-state index contributed by atoms with van der Waals surface area (Å²) in [5, 5.41) is 1.16. The molecule has 0 saturated heterocycles. The Morgan fingerprint density at radius 2 is 1.67 bits per heavy atom. The Hall–Kier alpha value is -2.18. The first-order chi connectivity index (χ1) is 11.6. The molecule has 0 radical (unpaired) electrons. The normalized spacial score (nSPS) is 16.0. The van der Waals surface area contributed by atoms with E-state index in [1.807, 2.05) is 18.2 Å². The smallest absolute Gasteiger partial charge is 0.243 e. The van der Waals surface area contributed by atoms with Crippen molar-refractivity contribution in [2.45, 2.75) is 17.7 Å². The maximum Gasteiger partial charge on any atom is 0.243 e. The second-order valence-corrected chi connectivity index (χ2v) is 7.92. The molecule has 1 aliphatic heterocycles. The highest BCUT2D eigenvalue weighted by atomic mass is 32.2. The fourth-order valence-corrected chi connectivity index (χ4v) is 4.78. The van der Waals surface area contributed by atoms with E-state index in [2.05, 4.69) is 11.1 Å². The Labute approximate surface area is 140 Å². The van der Waals surface area contributed by atoms with Gasteiger partial charge in [-0.1, -0.05) is 18.2 Å². The molecule has 4 nitrogen and oxygen atoms in total. The van der Waals surface area contributed by atoms with E-state index >= 15 is 0 Å². The second-order valence-electron chi connectivity index (χ2n) is 5.99. The number of aromatic amines is 1. The number of sulfonamides is 1. The molecule has 0 unspecified atom stereocenters. The number of benzene rings is 2. The van der Waals surface area contributed by atoms with Crippen molar-refractivity contribution in [2.75, 3.05) is 13.1 Å². The molecule has 0 amide bonds. The maximum absolute atomic E-state index is 13.1. The molecule has 1 aliphatic rings. The molecule has 2 aromatic carbocycles. The average Bonchev–Trinajstić information content (AvgIpc) is 2.78. The third-order valence-corrected chi connectivity index (χ3v) is 6.49. The van der Waals surface area contributed by atoms with Gasteiger partial charge in [0.05, 0.1) is 4.90 Å². The molecule has 3 aromatic rings. The molecule has 0 spiro atoms. The van der Waals surface area contributed by atoms with Gasteiger partial charge in [-0.3, -0.25) is 0 Å². The number of aromatic nitrogens is 1. The van der Waals surface area contributed by atoms with E-state index in [1.165, 1.54) is 34.1 Å². The molecule has 0 aliphatic carbocycles. The minimum Gasteiger partial charge on any atom is -0.358 e. The lowest BCUT2D eigenvalue weighted by Gasteiger charge is -2.20. The molecule has 2 heterocycles. The molecule has 0 fully saturated rings. The van der Waals surface area contributed by atoms with Crippen LogP contribution in [0.3, 0.4) is 0 Å². The van der Waals surface area contributed by atoms with Crippen LogP contribution in [0, 0.1) is 5.82 Å². The zero-order chi connectivity index (χ0) is 16.7. The van der Waals surface area contributed by atoms with Crippen LogP contribution in [0.4, 0.5) is 4.39 Å². The molecule has 0 atom stereocenters. The molecular weight excluding hydrogens is 327 g/mol. The van der Waals surface area contributed by atoms with E-state index in [1.54, 1.807) is 0 Å². The van der Waals surface area contributed by atoms with Gasteiger partial charge in [0.25, 0.3) is 0 Å². The summed E-state index contributed by atoms with van der Waals surface area (Å²) < 4.78 is 40.1. The predicted molar refractivity (Wildman–Crippen MR) is 90.9 cm³/mol. The highest BCUT2D eigenvalue weighted by molar-refractivity contribution is 7.89. The fraction of sp³-hybridized carbons (Fsp3) is 0.222. The molecule has 0 bridgehead atoms. The number of para-hydroxylation sites is 1. The van der Waals surface area contributed by atoms with Crippen LogP contribution in [-0.2, 0) is 22.9 Å². The summed E-state index contributed by atoms with van der Waals surface area (Å²) in [4.78, 5) is 3.54. The van der Waals surface area contributed by atoms with Crippen LogP contribution in [-0.4, -0.2) is 30.8 Å². The van der Waals surface area contributed by atoms with Crippen molar-refractivity contribution in [3.63, 3.8) is 0 Å². The number of halogens is 1. The van der Waals surface area contributed by atoms with E-state index in [9.17, 15) is 12.8 Å². The molecule has 1 N–H and O–H groups in total. The summed E-state index contributed by atoms with van der Waals surface area (Å²) in [6.07, 6.45) is 1.31. The van der Waals surface area contributed by atoms with E-state index in [-0.39, 0.29) is 4.90 Å². The SMILES string of the molecule is O=S(=O)(c1ccc(F)cc1)N1CCc2[nH]c3ccccc3c2CC1. The fourth-order valence-electron chi connectivity index (χ4n) is 3.34. The van der Waals surface area contributed by atoms with E-state index < -0.39 is 15.8 Å². The van der Waals surface area contributed by atoms with Crippen molar-refractivity contribution in [3.05, 3.63) is 65.6 Å². The topological polar surface area (TPSA) is 53.2 Å². The minimum atomic E-state index is -3.60. The van der Waals surface area contributed by atoms with Gasteiger partial charge in [-0.2, -0.15) is 4.31 Å². The molecule has 4 rings (SSSR count). The molecule has 1 aromatic heterocycles. The van der Waals surface area contributed by atoms with E-state index in [4.69, 9.17) is 0 Å². The summed E-state index contributed by atoms with van der Waals surface area (Å²) in [6.45, 7) is 0.841. The standard InChI is InChI=1S/C18H17FN2O2S/c19-13-5-7-14(8-6-13)24(22,23)21-11-9-16-15-3-1-2-4-17(15)20-18(16)10-12-21/h1-8,20H,9-12H2. The molecule has 24 heavy (non-hydrogen) atoms. The van der Waals surface area contributed by atoms with Crippen LogP contribution >= 0.6 is 0 Å². The number of nitrogens with zero attached hydrogens (tertiary/aromatic N) is 1. The van der Waals surface area contributed by atoms with Crippen LogP contribution in [0.1, 0.15) is 11.3 Å². The molecule has 124 valence electrons. The zero-order valence-corrected chi connectivity index (χ0v) is 13.8. The Morgan fingerprint density at radius 3 is 2.46 bits per heavy atom. The Balaban J connectivity index is 1.64. The number of H-pyrrole nitrogens is 1. The number of nitrogens with one attached hydrogen (secondary N) is 1. The van der Waals surface area contributed by atoms with Gasteiger partial charge in [-0.25, -0.2) is 12.8 Å². The van der Waals surface area contributed by atoms with Crippen LogP contribution in [0.2, 0.25) is 0 Å². The third-order valence-electron chi connectivity index (χ3n) is 4.58. The predicted octanol–water partition coefficient (Wildman–Crippen LogP) is 3.10. The van der Waals surface area contributed by atoms with Gasteiger partial charge in [-0.15, -0.1) is 0 Å². The number of hydrogen-bond acceptors (Lipinski definition) is 2. The summed E-state index contributed by atoms with van der Waals surface area (Å²) >= 11 is 0. The van der Waals surface area contributed by atoms with Gasteiger partial charge in [0, 0.05) is 36.1 Å². The highest BCUT2D eigenvalue weighted by Gasteiger charge is 2.27. The first-order valence-corrected chi connectivity index (χ1v) is 9.34. The van der Waals surface area contributed by atoms with Crippen molar-refractivity contribution < 1.29 is 12.8 Å². The van der Waals surface area contributed by atoms with Gasteiger partial charge >= 0.3 is 0 Å². The van der Waals surface area contributed by atoms with Crippen LogP contribution in [0.15, 0.2) is 53.4 Å². The minimum absolute atomic E-state index is 0.138. The first kappa shape index (κ1) is 15.4. The Morgan fingerprint density at radius 1 is 0.958 bits per heavy atom. The second kappa shape index (κ2) is 5.72. The monoisotopic (exact) mass is 344 g/mol. The quantitative estimate of drug-likeness (QED) is 0.777. The van der Waals surface area contributed by atoms with Gasteiger partial charge in [0.2, 0.25) is 10.0 Å². The van der Waals surface area contributed by atoms with Crippen molar-refractivity contribution in [1.29, 1.82) is 0 Å². The molecule has 0 saturated carbocycles. The average molecular weight is 344 g/mol. The summed E-state index contributed by atoms with van der Waals surface area (Å²) in [5.74, 6) is -0.439. The number of fused-ring (bicyclic) bond motifs is 3. The summed E-state index contributed by atoms with van der Waals surface area (Å²) in [5.41, 5.74) is 3.40. The van der Waals surface area contributed by atoms with Crippen molar-refractivity contribution >= 4 is 20.9 Å². The third kappa shape index (κ3) is 2.52. The van der Waals surface area contributed by atoms with Crippen LogP contribution in [0.5, 0.6) is 0 Å². The van der Waals surface area contributed by atoms with Gasteiger partial charge in [0.1, 0.15) is 5.82 Å².